The van der Waals surface area contributed by atoms with Gasteiger partial charge in [0.15, 0.2) is 9.84 Å². The Morgan fingerprint density at radius 3 is 2.50 bits per heavy atom. The van der Waals surface area contributed by atoms with Crippen LogP contribution in [-0.4, -0.2) is 31.5 Å². The Morgan fingerprint density at radius 2 is 1.85 bits per heavy atom. The summed E-state index contributed by atoms with van der Waals surface area (Å²) in [4.78, 5) is 22.4. The molecule has 0 aliphatic carbocycles. The molecule has 0 radical (unpaired) electrons. The first-order chi connectivity index (χ1) is 12.3. The fraction of sp³-hybridized carbons (Fsp3) is 0.278. The average Bonchev–Trinajstić information content (AvgIpc) is 2.59. The molecule has 0 aromatic heterocycles. The highest BCUT2D eigenvalue weighted by atomic mass is 32.2. The number of aryl methyl sites for hydroxylation is 1. The molecule has 0 fully saturated rings. The zero-order valence-electron chi connectivity index (χ0n) is 14.3. The summed E-state index contributed by atoms with van der Waals surface area (Å²) in [7, 11) is -3.26. The van der Waals surface area contributed by atoms with E-state index in [4.69, 9.17) is 0 Å². The van der Waals surface area contributed by atoms with E-state index in [-0.39, 0.29) is 35.7 Å². The Kier molecular flexibility index (Phi) is 6.46. The number of carbonyl (C=O) groups excluding carboxylic acids is 1. The highest BCUT2D eigenvalue weighted by Gasteiger charge is 2.15. The van der Waals surface area contributed by atoms with Crippen molar-refractivity contribution in [3.05, 3.63) is 75.3 Å². The molecule has 2 aromatic rings. The van der Waals surface area contributed by atoms with Gasteiger partial charge in [0, 0.05) is 23.7 Å². The van der Waals surface area contributed by atoms with Crippen LogP contribution in [0.1, 0.15) is 27.9 Å². The summed E-state index contributed by atoms with van der Waals surface area (Å²) < 4.78 is 24.2. The van der Waals surface area contributed by atoms with E-state index in [0.29, 0.717) is 5.56 Å². The van der Waals surface area contributed by atoms with Crippen molar-refractivity contribution < 1.29 is 18.1 Å². The quantitative estimate of drug-likeness (QED) is 0.433. The minimum absolute atomic E-state index is 0.0358. The van der Waals surface area contributed by atoms with Gasteiger partial charge in [-0.15, -0.1) is 0 Å². The molecule has 26 heavy (non-hydrogen) atoms. The maximum atomic E-state index is 12.1. The fourth-order valence-corrected chi connectivity index (χ4v) is 3.87. The first kappa shape index (κ1) is 19.6. The molecule has 0 unspecified atom stereocenters. The van der Waals surface area contributed by atoms with Gasteiger partial charge in [-0.3, -0.25) is 14.9 Å². The Bertz CT molecular complexity index is 895. The number of hydrogen-bond acceptors (Lipinski definition) is 5. The van der Waals surface area contributed by atoms with Crippen LogP contribution in [0.25, 0.3) is 0 Å². The van der Waals surface area contributed by atoms with Crippen LogP contribution >= 0.6 is 0 Å². The van der Waals surface area contributed by atoms with Crippen molar-refractivity contribution in [3.63, 3.8) is 0 Å². The Morgan fingerprint density at radius 1 is 1.15 bits per heavy atom. The SMILES string of the molecule is Cc1ccc(C(=O)NCCCS(=O)(=O)Cc2ccccc2)cc1[N+](=O)[O-]. The van der Waals surface area contributed by atoms with Gasteiger partial charge in [-0.25, -0.2) is 8.42 Å². The molecule has 138 valence electrons. The average molecular weight is 376 g/mol. The van der Waals surface area contributed by atoms with Gasteiger partial charge >= 0.3 is 0 Å². The number of nitro groups is 1. The van der Waals surface area contributed by atoms with Gasteiger partial charge in [0.05, 0.1) is 16.4 Å². The molecule has 0 saturated heterocycles. The van der Waals surface area contributed by atoms with Crippen LogP contribution in [-0.2, 0) is 15.6 Å². The lowest BCUT2D eigenvalue weighted by molar-refractivity contribution is -0.385. The molecule has 0 atom stereocenters. The molecule has 8 heteroatoms. The molecular weight excluding hydrogens is 356 g/mol. The molecule has 0 saturated carbocycles. The van der Waals surface area contributed by atoms with Gasteiger partial charge in [-0.2, -0.15) is 0 Å². The van der Waals surface area contributed by atoms with E-state index in [1.54, 1.807) is 31.2 Å². The second-order valence-electron chi connectivity index (χ2n) is 5.95. The summed E-state index contributed by atoms with van der Waals surface area (Å²) in [5, 5.41) is 13.5. The van der Waals surface area contributed by atoms with Gasteiger partial charge in [0.1, 0.15) is 0 Å². The van der Waals surface area contributed by atoms with Crippen LogP contribution in [0, 0.1) is 17.0 Å². The number of benzene rings is 2. The van der Waals surface area contributed by atoms with E-state index in [0.717, 1.165) is 5.56 Å². The standard InChI is InChI=1S/C18H20N2O5S/c1-14-8-9-16(12-17(14)20(22)23)18(21)19-10-5-11-26(24,25)13-15-6-3-2-4-7-15/h2-4,6-9,12H,5,10-11,13H2,1H3,(H,19,21). The third-order valence-electron chi connectivity index (χ3n) is 3.82. The largest absolute Gasteiger partial charge is 0.352 e. The molecule has 0 bridgehead atoms. The lowest BCUT2D eigenvalue weighted by atomic mass is 10.1. The molecule has 2 rings (SSSR count). The van der Waals surface area contributed by atoms with Crippen molar-refractivity contribution in [3.8, 4) is 0 Å². The van der Waals surface area contributed by atoms with Crippen molar-refractivity contribution in [1.29, 1.82) is 0 Å². The summed E-state index contributed by atoms with van der Waals surface area (Å²) in [5.41, 5.74) is 1.25. The second-order valence-corrected chi connectivity index (χ2v) is 8.13. The summed E-state index contributed by atoms with van der Waals surface area (Å²) in [5.74, 6) is -0.545. The van der Waals surface area contributed by atoms with Crippen LogP contribution in [0.2, 0.25) is 0 Å². The smallest absolute Gasteiger partial charge is 0.273 e. The molecule has 7 nitrogen and oxygen atoms in total. The van der Waals surface area contributed by atoms with Crippen LogP contribution < -0.4 is 5.32 Å². The number of sulfone groups is 1. The molecule has 2 aromatic carbocycles. The molecule has 0 heterocycles. The Balaban J connectivity index is 1.85. The number of hydrogen-bond donors (Lipinski definition) is 1. The summed E-state index contributed by atoms with van der Waals surface area (Å²) >= 11 is 0. The minimum atomic E-state index is -3.26. The first-order valence-corrected chi connectivity index (χ1v) is 9.88. The minimum Gasteiger partial charge on any atom is -0.352 e. The van der Waals surface area contributed by atoms with Gasteiger partial charge in [-0.1, -0.05) is 36.4 Å². The number of nitrogens with one attached hydrogen (secondary N) is 1. The summed E-state index contributed by atoms with van der Waals surface area (Å²) in [6.07, 6.45) is 0.273. The van der Waals surface area contributed by atoms with E-state index >= 15 is 0 Å². The second kappa shape index (κ2) is 8.57. The zero-order chi connectivity index (χ0) is 19.2. The van der Waals surface area contributed by atoms with Gasteiger partial charge < -0.3 is 5.32 Å². The number of amides is 1. The van der Waals surface area contributed by atoms with Crippen molar-refractivity contribution in [2.45, 2.75) is 19.1 Å². The topological polar surface area (TPSA) is 106 Å². The number of rotatable bonds is 8. The predicted molar refractivity (Wildman–Crippen MR) is 98.7 cm³/mol. The normalized spacial score (nSPS) is 11.1. The Labute approximate surface area is 152 Å². The van der Waals surface area contributed by atoms with E-state index in [1.807, 2.05) is 6.07 Å². The van der Waals surface area contributed by atoms with Crippen molar-refractivity contribution in [1.82, 2.24) is 5.32 Å². The lowest BCUT2D eigenvalue weighted by Crippen LogP contribution is -2.26. The molecule has 1 N–H and O–H groups in total. The summed E-state index contributed by atoms with van der Waals surface area (Å²) in [6, 6.07) is 13.1. The van der Waals surface area contributed by atoms with E-state index < -0.39 is 20.7 Å². The molecule has 0 aliphatic rings. The van der Waals surface area contributed by atoms with Crippen molar-refractivity contribution >= 4 is 21.4 Å². The molecular formula is C18H20N2O5S. The molecule has 1 amide bonds. The fourth-order valence-electron chi connectivity index (χ4n) is 2.44. The monoisotopic (exact) mass is 376 g/mol. The van der Waals surface area contributed by atoms with Crippen LogP contribution in [0.5, 0.6) is 0 Å². The van der Waals surface area contributed by atoms with E-state index in [9.17, 15) is 23.3 Å². The van der Waals surface area contributed by atoms with E-state index in [1.165, 1.54) is 18.2 Å². The third kappa shape index (κ3) is 5.66. The van der Waals surface area contributed by atoms with E-state index in [2.05, 4.69) is 5.32 Å². The third-order valence-corrected chi connectivity index (χ3v) is 5.50. The highest BCUT2D eigenvalue weighted by molar-refractivity contribution is 7.90. The zero-order valence-corrected chi connectivity index (χ0v) is 15.2. The summed E-state index contributed by atoms with van der Waals surface area (Å²) in [6.45, 7) is 1.77. The van der Waals surface area contributed by atoms with Gasteiger partial charge in [0.25, 0.3) is 11.6 Å². The number of carbonyl (C=O) groups is 1. The van der Waals surface area contributed by atoms with Crippen LogP contribution in [0.15, 0.2) is 48.5 Å². The van der Waals surface area contributed by atoms with Gasteiger partial charge in [0.2, 0.25) is 0 Å². The Hall–Kier alpha value is -2.74. The molecule has 0 aliphatic heterocycles. The number of nitro benzene ring substituents is 1. The van der Waals surface area contributed by atoms with Crippen molar-refractivity contribution in [2.75, 3.05) is 12.3 Å². The first-order valence-electron chi connectivity index (χ1n) is 8.06. The maximum Gasteiger partial charge on any atom is 0.273 e. The molecule has 0 spiro atoms. The number of nitrogens with zero attached hydrogens (tertiary/aromatic N) is 1. The maximum absolute atomic E-state index is 12.1. The van der Waals surface area contributed by atoms with Crippen LogP contribution in [0.3, 0.4) is 0 Å². The lowest BCUT2D eigenvalue weighted by Gasteiger charge is -2.07. The highest BCUT2D eigenvalue weighted by Crippen LogP contribution is 2.19. The van der Waals surface area contributed by atoms with Crippen LogP contribution in [0.4, 0.5) is 5.69 Å². The predicted octanol–water partition coefficient (Wildman–Crippen LogP) is 2.64. The van der Waals surface area contributed by atoms with Crippen molar-refractivity contribution in [2.24, 2.45) is 0 Å². The van der Waals surface area contributed by atoms with Gasteiger partial charge in [-0.05, 0) is 25.0 Å².